The minimum atomic E-state index is 0.694. The quantitative estimate of drug-likeness (QED) is 0.754. The van der Waals surface area contributed by atoms with Crippen LogP contribution in [0.1, 0.15) is 48.2 Å². The van der Waals surface area contributed by atoms with Crippen LogP contribution in [0.25, 0.3) is 0 Å². The fourth-order valence-electron chi connectivity index (χ4n) is 4.32. The lowest BCUT2D eigenvalue weighted by Gasteiger charge is -2.50. The van der Waals surface area contributed by atoms with Crippen LogP contribution < -0.4 is 0 Å². The number of aryl methyl sites for hydroxylation is 3. The lowest BCUT2D eigenvalue weighted by molar-refractivity contribution is 0.0344. The Labute approximate surface area is 110 Å². The molecular formula is C16H24N2. The number of piperidine rings is 3. The Balaban J connectivity index is 2.04. The third-order valence-electron chi connectivity index (χ3n) is 5.10. The molecular weight excluding hydrogens is 220 g/mol. The maximum atomic E-state index is 4.71. The molecule has 0 N–H and O–H groups in total. The molecule has 0 radical (unpaired) electrons. The van der Waals surface area contributed by atoms with Crippen molar-refractivity contribution in [2.45, 2.75) is 52.5 Å². The molecule has 1 aromatic heterocycles. The van der Waals surface area contributed by atoms with Crippen molar-refractivity contribution in [1.29, 1.82) is 0 Å². The predicted octanol–water partition coefficient (Wildman–Crippen LogP) is 3.20. The zero-order valence-electron chi connectivity index (χ0n) is 12.0. The number of aromatic nitrogens is 1. The average Bonchev–Trinajstić information content (AvgIpc) is 2.32. The number of rotatable bonds is 1. The van der Waals surface area contributed by atoms with Gasteiger partial charge in [-0.1, -0.05) is 0 Å². The van der Waals surface area contributed by atoms with E-state index in [1.807, 2.05) is 0 Å². The van der Waals surface area contributed by atoms with Crippen molar-refractivity contribution in [3.05, 3.63) is 28.6 Å². The summed E-state index contributed by atoms with van der Waals surface area (Å²) in [6.45, 7) is 11.6. The van der Waals surface area contributed by atoms with Gasteiger partial charge in [-0.2, -0.15) is 0 Å². The van der Waals surface area contributed by atoms with Crippen LogP contribution in [0.4, 0.5) is 0 Å². The van der Waals surface area contributed by atoms with Crippen LogP contribution in [0.15, 0.2) is 6.07 Å². The van der Waals surface area contributed by atoms with Gasteiger partial charge in [-0.25, -0.2) is 0 Å². The molecule has 3 saturated heterocycles. The maximum absolute atomic E-state index is 4.71. The van der Waals surface area contributed by atoms with Gasteiger partial charge in [-0.3, -0.25) is 4.98 Å². The molecule has 2 bridgehead atoms. The van der Waals surface area contributed by atoms with Gasteiger partial charge < -0.3 is 4.90 Å². The molecule has 2 unspecified atom stereocenters. The van der Waals surface area contributed by atoms with E-state index in [0.717, 1.165) is 11.6 Å². The topological polar surface area (TPSA) is 16.1 Å². The molecule has 18 heavy (non-hydrogen) atoms. The van der Waals surface area contributed by atoms with Crippen LogP contribution in [-0.4, -0.2) is 29.0 Å². The van der Waals surface area contributed by atoms with Gasteiger partial charge in [-0.15, -0.1) is 0 Å². The molecule has 0 aromatic carbocycles. The SMILES string of the molecule is Cc1cc(C)c(C2C3CCN(CC3)C2C)c(C)n1. The molecule has 3 aliphatic heterocycles. The second-order valence-electron chi connectivity index (χ2n) is 6.22. The molecule has 3 aliphatic rings. The molecule has 0 saturated carbocycles. The third-order valence-corrected chi connectivity index (χ3v) is 5.10. The van der Waals surface area contributed by atoms with E-state index in [-0.39, 0.29) is 0 Å². The second kappa shape index (κ2) is 4.34. The maximum Gasteiger partial charge on any atom is 0.0413 e. The fourth-order valence-corrected chi connectivity index (χ4v) is 4.32. The van der Waals surface area contributed by atoms with Crippen LogP contribution in [-0.2, 0) is 0 Å². The molecule has 1 aromatic rings. The number of pyridine rings is 1. The van der Waals surface area contributed by atoms with Gasteiger partial charge in [0.1, 0.15) is 0 Å². The molecule has 3 fully saturated rings. The highest BCUT2D eigenvalue weighted by atomic mass is 15.2. The highest BCUT2D eigenvalue weighted by molar-refractivity contribution is 5.36. The second-order valence-corrected chi connectivity index (χ2v) is 6.22. The average molecular weight is 244 g/mol. The number of hydrogen-bond donors (Lipinski definition) is 0. The standard InChI is InChI=1S/C16H24N2/c1-10-9-11(2)17-12(3)15(10)16-13(4)18-7-5-14(16)6-8-18/h9,13-14,16H,5-8H2,1-4H3. The van der Waals surface area contributed by atoms with Crippen LogP contribution in [0.2, 0.25) is 0 Å². The van der Waals surface area contributed by atoms with Crippen molar-refractivity contribution in [2.24, 2.45) is 5.92 Å². The Morgan fingerprint density at radius 3 is 2.39 bits per heavy atom. The van der Waals surface area contributed by atoms with Gasteiger partial charge in [0, 0.05) is 23.3 Å². The third kappa shape index (κ3) is 1.78. The first-order chi connectivity index (χ1) is 8.58. The summed E-state index contributed by atoms with van der Waals surface area (Å²) in [7, 11) is 0. The largest absolute Gasteiger partial charge is 0.300 e. The van der Waals surface area contributed by atoms with Gasteiger partial charge in [0.25, 0.3) is 0 Å². The molecule has 4 heterocycles. The lowest BCUT2D eigenvalue weighted by atomic mass is 9.70. The molecule has 98 valence electrons. The lowest BCUT2D eigenvalue weighted by Crippen LogP contribution is -2.52. The smallest absolute Gasteiger partial charge is 0.0413 e. The minimum absolute atomic E-state index is 0.694. The van der Waals surface area contributed by atoms with Crippen molar-refractivity contribution >= 4 is 0 Å². The molecule has 0 aliphatic carbocycles. The van der Waals surface area contributed by atoms with Crippen molar-refractivity contribution in [2.75, 3.05) is 13.1 Å². The van der Waals surface area contributed by atoms with Crippen LogP contribution in [0.3, 0.4) is 0 Å². The highest BCUT2D eigenvalue weighted by Gasteiger charge is 2.41. The summed E-state index contributed by atoms with van der Waals surface area (Å²) < 4.78 is 0. The zero-order valence-corrected chi connectivity index (χ0v) is 12.0. The van der Waals surface area contributed by atoms with E-state index in [1.165, 1.54) is 37.2 Å². The summed E-state index contributed by atoms with van der Waals surface area (Å²) in [5.41, 5.74) is 5.41. The van der Waals surface area contributed by atoms with Crippen molar-refractivity contribution in [3.8, 4) is 0 Å². The first-order valence-electron chi connectivity index (χ1n) is 7.26. The Morgan fingerprint density at radius 2 is 1.83 bits per heavy atom. The van der Waals surface area contributed by atoms with Crippen molar-refractivity contribution in [3.63, 3.8) is 0 Å². The Morgan fingerprint density at radius 1 is 1.17 bits per heavy atom. The Hall–Kier alpha value is -0.890. The van der Waals surface area contributed by atoms with Crippen LogP contribution in [0.5, 0.6) is 0 Å². The first kappa shape index (κ1) is 12.2. The number of nitrogens with zero attached hydrogens (tertiary/aromatic N) is 2. The Kier molecular flexibility index (Phi) is 2.93. The highest BCUT2D eigenvalue weighted by Crippen LogP contribution is 2.44. The van der Waals surface area contributed by atoms with E-state index in [2.05, 4.69) is 38.7 Å². The fraction of sp³-hybridized carbons (Fsp3) is 0.688. The predicted molar refractivity (Wildman–Crippen MR) is 74.9 cm³/mol. The number of fused-ring (bicyclic) bond motifs is 3. The molecule has 4 rings (SSSR count). The van der Waals surface area contributed by atoms with Crippen LogP contribution >= 0.6 is 0 Å². The van der Waals surface area contributed by atoms with Crippen LogP contribution in [0, 0.1) is 26.7 Å². The summed E-state index contributed by atoms with van der Waals surface area (Å²) in [5, 5.41) is 0. The Bertz CT molecular complexity index is 433. The van der Waals surface area contributed by atoms with E-state index < -0.39 is 0 Å². The minimum Gasteiger partial charge on any atom is -0.300 e. The summed E-state index contributed by atoms with van der Waals surface area (Å²) in [4.78, 5) is 7.38. The molecule has 2 atom stereocenters. The normalized spacial score (nSPS) is 34.9. The van der Waals surface area contributed by atoms with Crippen molar-refractivity contribution < 1.29 is 0 Å². The van der Waals surface area contributed by atoms with E-state index in [0.29, 0.717) is 12.0 Å². The zero-order chi connectivity index (χ0) is 12.9. The summed E-state index contributed by atoms with van der Waals surface area (Å²) in [5.74, 6) is 1.59. The molecule has 0 amide bonds. The van der Waals surface area contributed by atoms with Gasteiger partial charge in [-0.05, 0) is 76.7 Å². The van der Waals surface area contributed by atoms with Gasteiger partial charge in [0.15, 0.2) is 0 Å². The van der Waals surface area contributed by atoms with Gasteiger partial charge >= 0.3 is 0 Å². The monoisotopic (exact) mass is 244 g/mol. The molecule has 2 heteroatoms. The summed E-state index contributed by atoms with van der Waals surface area (Å²) >= 11 is 0. The first-order valence-corrected chi connectivity index (χ1v) is 7.26. The van der Waals surface area contributed by atoms with E-state index >= 15 is 0 Å². The van der Waals surface area contributed by atoms with Gasteiger partial charge in [0.05, 0.1) is 0 Å². The number of hydrogen-bond acceptors (Lipinski definition) is 2. The van der Waals surface area contributed by atoms with Crippen molar-refractivity contribution in [1.82, 2.24) is 9.88 Å². The van der Waals surface area contributed by atoms with Gasteiger partial charge in [0.2, 0.25) is 0 Å². The molecule has 0 spiro atoms. The summed E-state index contributed by atoms with van der Waals surface area (Å²) in [6, 6.07) is 2.95. The molecule has 2 nitrogen and oxygen atoms in total. The van der Waals surface area contributed by atoms with E-state index in [1.54, 1.807) is 5.56 Å². The van der Waals surface area contributed by atoms with E-state index in [9.17, 15) is 0 Å². The summed E-state index contributed by atoms with van der Waals surface area (Å²) in [6.07, 6.45) is 2.75. The van der Waals surface area contributed by atoms with E-state index in [4.69, 9.17) is 4.98 Å².